The van der Waals surface area contributed by atoms with Gasteiger partial charge in [-0.05, 0) is 12.5 Å². The predicted octanol–water partition coefficient (Wildman–Crippen LogP) is 2.39. The lowest BCUT2D eigenvalue weighted by Gasteiger charge is -2.16. The molecule has 0 aliphatic heterocycles. The molecule has 5 nitrogen and oxygen atoms in total. The van der Waals surface area contributed by atoms with E-state index in [1.54, 1.807) is 21.3 Å². The molecule has 1 N–H and O–H groups in total. The molecule has 0 spiro atoms. The summed E-state index contributed by atoms with van der Waals surface area (Å²) in [5.41, 5.74) is 1.02. The maximum Gasteiger partial charge on any atom is 0.203 e. The van der Waals surface area contributed by atoms with E-state index in [1.807, 2.05) is 18.2 Å². The highest BCUT2D eigenvalue weighted by Crippen LogP contribution is 2.39. The van der Waals surface area contributed by atoms with E-state index in [9.17, 15) is 0 Å². The van der Waals surface area contributed by atoms with Crippen LogP contribution in [0.3, 0.4) is 0 Å². The smallest absolute Gasteiger partial charge is 0.203 e. The fourth-order valence-electron chi connectivity index (χ4n) is 1.94. The highest BCUT2D eigenvalue weighted by atomic mass is 16.5. The van der Waals surface area contributed by atoms with E-state index < -0.39 is 0 Å². The van der Waals surface area contributed by atoms with Gasteiger partial charge in [-0.25, -0.2) is 0 Å². The van der Waals surface area contributed by atoms with E-state index in [0.29, 0.717) is 37.0 Å². The largest absolute Gasteiger partial charge is 0.493 e. The van der Waals surface area contributed by atoms with Crippen LogP contribution in [0, 0.1) is 0 Å². The second-order valence-corrected chi connectivity index (χ2v) is 4.36. The third kappa shape index (κ3) is 5.28. The average molecular weight is 295 g/mol. The van der Waals surface area contributed by atoms with Crippen molar-refractivity contribution in [3.05, 3.63) is 30.4 Å². The molecule has 0 saturated heterocycles. The maximum absolute atomic E-state index is 5.44. The Labute approximate surface area is 126 Å². The molecule has 0 amide bonds. The molecule has 118 valence electrons. The van der Waals surface area contributed by atoms with Gasteiger partial charge in [0.2, 0.25) is 5.75 Å². The predicted molar refractivity (Wildman–Crippen MR) is 83.4 cm³/mol. The minimum absolute atomic E-state index is 0.613. The molecule has 1 aromatic rings. The molecular formula is C16H25NO4. The Bertz CT molecular complexity index is 435. The highest BCUT2D eigenvalue weighted by Gasteiger charge is 2.15. The molecular weight excluding hydrogens is 270 g/mol. The summed E-state index contributed by atoms with van der Waals surface area (Å²) in [5, 5.41) is 3.31. The van der Waals surface area contributed by atoms with Crippen molar-refractivity contribution in [1.29, 1.82) is 0 Å². The molecule has 0 unspecified atom stereocenters. The maximum atomic E-state index is 5.44. The molecule has 0 aromatic heterocycles. The molecule has 0 radical (unpaired) electrons. The van der Waals surface area contributed by atoms with Gasteiger partial charge in [-0.1, -0.05) is 12.1 Å². The van der Waals surface area contributed by atoms with E-state index in [4.69, 9.17) is 18.9 Å². The summed E-state index contributed by atoms with van der Waals surface area (Å²) in [6, 6.07) is 3.84. The zero-order chi connectivity index (χ0) is 15.5. The van der Waals surface area contributed by atoms with Crippen LogP contribution in [0.15, 0.2) is 24.8 Å². The Hall–Kier alpha value is -1.72. The van der Waals surface area contributed by atoms with E-state index in [-0.39, 0.29) is 0 Å². The van der Waals surface area contributed by atoms with Crippen LogP contribution in [0.2, 0.25) is 0 Å². The van der Waals surface area contributed by atoms with Gasteiger partial charge in [-0.3, -0.25) is 0 Å². The van der Waals surface area contributed by atoms with E-state index in [2.05, 4.69) is 11.9 Å². The number of hydrogen-bond donors (Lipinski definition) is 1. The number of ether oxygens (including phenoxy) is 4. The summed E-state index contributed by atoms with van der Waals surface area (Å²) in [6.45, 7) is 6.48. The summed E-state index contributed by atoms with van der Waals surface area (Å²) in [6.07, 6.45) is 2.73. The van der Waals surface area contributed by atoms with Crippen LogP contribution in [0.1, 0.15) is 12.0 Å². The summed E-state index contributed by atoms with van der Waals surface area (Å²) < 4.78 is 21.5. The fourth-order valence-corrected chi connectivity index (χ4v) is 1.94. The molecule has 0 aliphatic carbocycles. The van der Waals surface area contributed by atoms with Crippen molar-refractivity contribution in [3.8, 4) is 17.2 Å². The lowest BCUT2D eigenvalue weighted by molar-refractivity contribution is 0.140. The molecule has 0 aliphatic rings. The first kappa shape index (κ1) is 17.3. The quantitative estimate of drug-likeness (QED) is 0.502. The van der Waals surface area contributed by atoms with Gasteiger partial charge in [0.05, 0.1) is 34.5 Å². The number of nitrogens with one attached hydrogen (secondary N) is 1. The van der Waals surface area contributed by atoms with E-state index >= 15 is 0 Å². The topological polar surface area (TPSA) is 49.0 Å². The normalized spacial score (nSPS) is 10.2. The average Bonchev–Trinajstić information content (AvgIpc) is 2.52. The first-order valence-corrected chi connectivity index (χ1v) is 6.95. The number of benzene rings is 1. The Morgan fingerprint density at radius 3 is 2.43 bits per heavy atom. The van der Waals surface area contributed by atoms with Gasteiger partial charge in [0, 0.05) is 18.7 Å². The molecule has 0 bridgehead atoms. The van der Waals surface area contributed by atoms with Gasteiger partial charge >= 0.3 is 0 Å². The van der Waals surface area contributed by atoms with E-state index in [1.165, 1.54) is 0 Å². The van der Waals surface area contributed by atoms with Gasteiger partial charge in [-0.2, -0.15) is 0 Å². The van der Waals surface area contributed by atoms with Crippen molar-refractivity contribution in [2.24, 2.45) is 0 Å². The summed E-state index contributed by atoms with van der Waals surface area (Å²) in [5.74, 6) is 1.96. The molecule has 0 heterocycles. The molecule has 0 atom stereocenters. The first-order chi connectivity index (χ1) is 10.3. The molecule has 0 saturated carbocycles. The lowest BCUT2D eigenvalue weighted by atomic mass is 10.1. The molecule has 21 heavy (non-hydrogen) atoms. The van der Waals surface area contributed by atoms with E-state index in [0.717, 1.165) is 18.5 Å². The molecule has 0 fully saturated rings. The van der Waals surface area contributed by atoms with Crippen molar-refractivity contribution in [3.63, 3.8) is 0 Å². The fraction of sp³-hybridized carbons (Fsp3) is 0.500. The van der Waals surface area contributed by atoms with Crippen LogP contribution in [0.25, 0.3) is 0 Å². The minimum Gasteiger partial charge on any atom is -0.493 e. The van der Waals surface area contributed by atoms with Crippen LogP contribution >= 0.6 is 0 Å². The summed E-state index contributed by atoms with van der Waals surface area (Å²) >= 11 is 0. The van der Waals surface area contributed by atoms with Gasteiger partial charge < -0.3 is 24.3 Å². The first-order valence-electron chi connectivity index (χ1n) is 6.95. The number of hydrogen-bond acceptors (Lipinski definition) is 5. The van der Waals surface area contributed by atoms with Crippen LogP contribution in [0.4, 0.5) is 0 Å². The van der Waals surface area contributed by atoms with Crippen LogP contribution < -0.4 is 19.5 Å². The van der Waals surface area contributed by atoms with Crippen LogP contribution in [-0.2, 0) is 11.3 Å². The van der Waals surface area contributed by atoms with Crippen LogP contribution in [0.5, 0.6) is 17.2 Å². The second-order valence-electron chi connectivity index (χ2n) is 4.36. The standard InChI is InChI=1S/C16H25NO4/c1-5-6-10-21-11-9-17-12-13-7-8-14(18-2)16(20-4)15(13)19-3/h5,7-8,17H,1,6,9-12H2,2-4H3. The Kier molecular flexibility index (Phi) is 8.31. The molecule has 5 heteroatoms. The SMILES string of the molecule is C=CCCOCCNCc1ccc(OC)c(OC)c1OC. The Morgan fingerprint density at radius 1 is 1.05 bits per heavy atom. The van der Waals surface area contributed by atoms with Crippen molar-refractivity contribution < 1.29 is 18.9 Å². The number of methoxy groups -OCH3 is 3. The van der Waals surface area contributed by atoms with Crippen molar-refractivity contribution in [2.75, 3.05) is 41.1 Å². The molecule has 1 aromatic carbocycles. The van der Waals surface area contributed by atoms with Gasteiger partial charge in [-0.15, -0.1) is 6.58 Å². The monoisotopic (exact) mass is 295 g/mol. The Morgan fingerprint density at radius 2 is 1.81 bits per heavy atom. The Balaban J connectivity index is 2.53. The van der Waals surface area contributed by atoms with Crippen molar-refractivity contribution in [2.45, 2.75) is 13.0 Å². The minimum atomic E-state index is 0.613. The second kappa shape index (κ2) is 10.1. The van der Waals surface area contributed by atoms with Crippen molar-refractivity contribution >= 4 is 0 Å². The van der Waals surface area contributed by atoms with Gasteiger partial charge in [0.15, 0.2) is 11.5 Å². The van der Waals surface area contributed by atoms with Crippen LogP contribution in [-0.4, -0.2) is 41.1 Å². The zero-order valence-corrected chi connectivity index (χ0v) is 13.1. The summed E-state index contributed by atoms with van der Waals surface area (Å²) in [7, 11) is 4.83. The number of rotatable bonds is 11. The van der Waals surface area contributed by atoms with Crippen molar-refractivity contribution in [1.82, 2.24) is 5.32 Å². The van der Waals surface area contributed by atoms with Gasteiger partial charge in [0.25, 0.3) is 0 Å². The third-order valence-corrected chi connectivity index (χ3v) is 2.99. The summed E-state index contributed by atoms with van der Waals surface area (Å²) in [4.78, 5) is 0. The third-order valence-electron chi connectivity index (χ3n) is 2.99. The zero-order valence-electron chi connectivity index (χ0n) is 13.1. The highest BCUT2D eigenvalue weighted by molar-refractivity contribution is 5.55. The van der Waals surface area contributed by atoms with Gasteiger partial charge in [0.1, 0.15) is 0 Å². The molecule has 1 rings (SSSR count). The lowest BCUT2D eigenvalue weighted by Crippen LogP contribution is -2.20.